The van der Waals surface area contributed by atoms with Gasteiger partial charge in [0.05, 0.1) is 11.3 Å². The van der Waals surface area contributed by atoms with Gasteiger partial charge in [-0.3, -0.25) is 14.4 Å². The lowest BCUT2D eigenvalue weighted by Crippen LogP contribution is -2.38. The molecule has 0 aliphatic rings. The van der Waals surface area contributed by atoms with Crippen LogP contribution in [0.4, 0.5) is 0 Å². The lowest BCUT2D eigenvalue weighted by molar-refractivity contribution is -0.154. The van der Waals surface area contributed by atoms with E-state index in [2.05, 4.69) is 12.2 Å². The van der Waals surface area contributed by atoms with E-state index in [9.17, 15) is 14.4 Å². The maximum atomic E-state index is 12.2. The zero-order valence-corrected chi connectivity index (χ0v) is 17.4. The van der Waals surface area contributed by atoms with Crippen LogP contribution in [-0.4, -0.2) is 30.3 Å². The van der Waals surface area contributed by atoms with Crippen molar-refractivity contribution in [3.05, 3.63) is 57.8 Å². The van der Waals surface area contributed by atoms with Crippen molar-refractivity contribution in [1.29, 1.82) is 0 Å². The summed E-state index contributed by atoms with van der Waals surface area (Å²) in [7, 11) is 0. The molecular weight excluding hydrogens is 374 g/mol. The Morgan fingerprint density at radius 1 is 1.07 bits per heavy atom. The van der Waals surface area contributed by atoms with Crippen molar-refractivity contribution in [3.63, 3.8) is 0 Å². The molecule has 0 spiro atoms. The molecule has 0 unspecified atom stereocenters. The minimum atomic E-state index is -0.889. The molecule has 1 heterocycles. The van der Waals surface area contributed by atoms with Crippen LogP contribution in [-0.2, 0) is 14.3 Å². The number of hydrogen-bond acceptors (Lipinski definition) is 5. The number of ether oxygens (including phenoxy) is 1. The Balaban J connectivity index is 1.75. The number of aryl methyl sites for hydroxylation is 1. The van der Waals surface area contributed by atoms with Crippen LogP contribution in [0.2, 0.25) is 0 Å². The Labute approximate surface area is 170 Å². The summed E-state index contributed by atoms with van der Waals surface area (Å²) in [6.45, 7) is 6.02. The van der Waals surface area contributed by atoms with Gasteiger partial charge in [-0.1, -0.05) is 37.3 Å². The molecule has 0 bridgehead atoms. The second-order valence-corrected chi connectivity index (χ2v) is 8.01. The van der Waals surface area contributed by atoms with Crippen LogP contribution in [0.1, 0.15) is 59.1 Å². The second-order valence-electron chi connectivity index (χ2n) is 6.73. The minimum absolute atomic E-state index is 0.0327. The van der Waals surface area contributed by atoms with Gasteiger partial charge in [0.25, 0.3) is 5.91 Å². The Morgan fingerprint density at radius 3 is 2.39 bits per heavy atom. The molecule has 0 fully saturated rings. The summed E-state index contributed by atoms with van der Waals surface area (Å²) in [4.78, 5) is 37.9. The summed E-state index contributed by atoms with van der Waals surface area (Å²) >= 11 is 1.41. The van der Waals surface area contributed by atoms with E-state index >= 15 is 0 Å². The Hall–Kier alpha value is -2.47. The molecule has 0 aliphatic carbocycles. The maximum absolute atomic E-state index is 12.2. The molecule has 5 nitrogen and oxygen atoms in total. The molecule has 6 heteroatoms. The van der Waals surface area contributed by atoms with Gasteiger partial charge < -0.3 is 10.1 Å². The molecule has 0 saturated carbocycles. The van der Waals surface area contributed by atoms with Gasteiger partial charge in [-0.15, -0.1) is 11.3 Å². The smallest absolute Gasteiger partial charge is 0.307 e. The predicted octanol–water partition coefficient (Wildman–Crippen LogP) is 4.26. The zero-order chi connectivity index (χ0) is 20.5. The Bertz CT molecular complexity index is 800. The number of thiophene rings is 1. The van der Waals surface area contributed by atoms with E-state index in [1.165, 1.54) is 11.3 Å². The van der Waals surface area contributed by atoms with Crippen LogP contribution in [0, 0.1) is 6.92 Å². The summed E-state index contributed by atoms with van der Waals surface area (Å²) in [5.74, 6) is -0.747. The number of carbonyl (C=O) groups excluding carboxylic acids is 3. The highest BCUT2D eigenvalue weighted by Crippen LogP contribution is 2.19. The van der Waals surface area contributed by atoms with E-state index in [1.54, 1.807) is 13.0 Å². The Kier molecular flexibility index (Phi) is 8.39. The van der Waals surface area contributed by atoms with Gasteiger partial charge in [-0.2, -0.15) is 0 Å². The number of esters is 1. The van der Waals surface area contributed by atoms with E-state index in [-0.39, 0.29) is 30.4 Å². The van der Waals surface area contributed by atoms with Gasteiger partial charge in [0.1, 0.15) is 0 Å². The maximum Gasteiger partial charge on any atom is 0.307 e. The molecule has 1 amide bonds. The van der Waals surface area contributed by atoms with Crippen LogP contribution in [0.25, 0.3) is 0 Å². The van der Waals surface area contributed by atoms with Crippen molar-refractivity contribution in [2.24, 2.45) is 0 Å². The SMILES string of the molecule is CC[C@@H](CNC(=O)[C@H](C)OC(=O)CCC(=O)c1ccc(C)s1)c1ccccc1. The number of rotatable bonds is 10. The van der Waals surface area contributed by atoms with Gasteiger partial charge in [0.15, 0.2) is 11.9 Å². The van der Waals surface area contributed by atoms with Crippen LogP contribution in [0.5, 0.6) is 0 Å². The third-order valence-electron chi connectivity index (χ3n) is 4.54. The van der Waals surface area contributed by atoms with Crippen molar-refractivity contribution < 1.29 is 19.1 Å². The summed E-state index contributed by atoms with van der Waals surface area (Å²) in [5, 5.41) is 2.85. The van der Waals surface area contributed by atoms with E-state index < -0.39 is 12.1 Å². The van der Waals surface area contributed by atoms with Crippen LogP contribution in [0.15, 0.2) is 42.5 Å². The molecule has 150 valence electrons. The number of ketones is 1. The normalized spacial score (nSPS) is 12.8. The number of nitrogens with one attached hydrogen (secondary N) is 1. The summed E-state index contributed by atoms with van der Waals surface area (Å²) in [5.41, 5.74) is 1.16. The molecule has 0 saturated heterocycles. The van der Waals surface area contributed by atoms with Crippen molar-refractivity contribution in [2.75, 3.05) is 6.54 Å². The molecule has 1 aromatic carbocycles. The van der Waals surface area contributed by atoms with Crippen LogP contribution >= 0.6 is 11.3 Å². The molecule has 2 aromatic rings. The minimum Gasteiger partial charge on any atom is -0.453 e. The fourth-order valence-electron chi connectivity index (χ4n) is 2.82. The molecule has 0 aliphatic heterocycles. The van der Waals surface area contributed by atoms with Crippen molar-refractivity contribution in [3.8, 4) is 0 Å². The highest BCUT2D eigenvalue weighted by atomic mass is 32.1. The van der Waals surface area contributed by atoms with E-state index in [0.717, 1.165) is 16.9 Å². The average Bonchev–Trinajstić information content (AvgIpc) is 3.13. The summed E-state index contributed by atoms with van der Waals surface area (Å²) in [6, 6.07) is 13.6. The lowest BCUT2D eigenvalue weighted by atomic mass is 9.96. The molecule has 0 radical (unpaired) electrons. The van der Waals surface area contributed by atoms with Gasteiger partial charge in [0.2, 0.25) is 0 Å². The highest BCUT2D eigenvalue weighted by molar-refractivity contribution is 7.14. The highest BCUT2D eigenvalue weighted by Gasteiger charge is 2.20. The van der Waals surface area contributed by atoms with Crippen molar-refractivity contribution in [1.82, 2.24) is 5.32 Å². The second kappa shape index (κ2) is 10.8. The molecule has 2 atom stereocenters. The number of amides is 1. The van der Waals surface area contributed by atoms with Crippen molar-refractivity contribution in [2.45, 2.75) is 52.1 Å². The zero-order valence-electron chi connectivity index (χ0n) is 16.6. The first-order valence-electron chi connectivity index (χ1n) is 9.52. The van der Waals surface area contributed by atoms with Crippen LogP contribution in [0.3, 0.4) is 0 Å². The van der Waals surface area contributed by atoms with E-state index in [4.69, 9.17) is 4.74 Å². The van der Waals surface area contributed by atoms with E-state index in [1.807, 2.05) is 43.3 Å². The third-order valence-corrected chi connectivity index (χ3v) is 5.58. The first-order valence-corrected chi connectivity index (χ1v) is 10.3. The third kappa shape index (κ3) is 6.60. The van der Waals surface area contributed by atoms with Crippen LogP contribution < -0.4 is 5.32 Å². The monoisotopic (exact) mass is 401 g/mol. The fourth-order valence-corrected chi connectivity index (χ4v) is 3.66. The van der Waals surface area contributed by atoms with E-state index in [0.29, 0.717) is 11.4 Å². The average molecular weight is 402 g/mol. The standard InChI is InChI=1S/C22H27NO4S/c1-4-17(18-8-6-5-7-9-18)14-23-22(26)16(3)27-21(25)13-11-19(24)20-12-10-15(2)28-20/h5-10,12,16-17H,4,11,13-14H2,1-3H3,(H,23,26)/t16-,17-/m0/s1. The Morgan fingerprint density at radius 2 is 1.79 bits per heavy atom. The molecule has 1 N–H and O–H groups in total. The molecular formula is C22H27NO4S. The number of carbonyl (C=O) groups is 3. The largest absolute Gasteiger partial charge is 0.453 e. The lowest BCUT2D eigenvalue weighted by Gasteiger charge is -2.18. The number of hydrogen-bond donors (Lipinski definition) is 1. The quantitative estimate of drug-likeness (QED) is 0.477. The predicted molar refractivity (Wildman–Crippen MR) is 111 cm³/mol. The first kappa shape index (κ1) is 21.8. The number of benzene rings is 1. The molecule has 2 rings (SSSR count). The van der Waals surface area contributed by atoms with Gasteiger partial charge in [-0.25, -0.2) is 0 Å². The topological polar surface area (TPSA) is 72.5 Å². The van der Waals surface area contributed by atoms with Gasteiger partial charge in [0, 0.05) is 23.8 Å². The van der Waals surface area contributed by atoms with Gasteiger partial charge in [-0.05, 0) is 38.0 Å². The summed E-state index contributed by atoms with van der Waals surface area (Å²) < 4.78 is 5.18. The van der Waals surface area contributed by atoms with Gasteiger partial charge >= 0.3 is 5.97 Å². The summed E-state index contributed by atoms with van der Waals surface area (Å²) in [6.07, 6.45) is 0.0523. The first-order chi connectivity index (χ1) is 13.4. The number of Topliss-reactive ketones (excluding diaryl/α,β-unsaturated/α-hetero) is 1. The molecule has 1 aromatic heterocycles. The van der Waals surface area contributed by atoms with Crippen molar-refractivity contribution >= 4 is 29.0 Å². The fraction of sp³-hybridized carbons (Fsp3) is 0.409. The molecule has 28 heavy (non-hydrogen) atoms.